The Balaban J connectivity index is 3.28. The zero-order chi connectivity index (χ0) is 12.3. The first-order valence-corrected chi connectivity index (χ1v) is 6.25. The summed E-state index contributed by atoms with van der Waals surface area (Å²) in [7, 11) is -0.850. The first-order valence-electron chi connectivity index (χ1n) is 4.44. The van der Waals surface area contributed by atoms with Gasteiger partial charge in [-0.25, -0.2) is 4.31 Å². The van der Waals surface area contributed by atoms with Crippen LogP contribution in [0, 0.1) is 0 Å². The standard InChI is InChI=1S/C9H13N3O2S2/c1-11(2)16(13,14)12(9(10)15)8-6-4-3-5-7-8/h3-7H,1-2H3,(H2,10,15). The molecule has 0 aromatic heterocycles. The van der Waals surface area contributed by atoms with Gasteiger partial charge >= 0.3 is 10.2 Å². The molecule has 0 bridgehead atoms. The smallest absolute Gasteiger partial charge is 0.309 e. The lowest BCUT2D eigenvalue weighted by atomic mass is 10.3. The maximum Gasteiger partial charge on any atom is 0.309 e. The molecule has 0 atom stereocenters. The van der Waals surface area contributed by atoms with Crippen molar-refractivity contribution in [1.82, 2.24) is 4.31 Å². The van der Waals surface area contributed by atoms with Crippen LogP contribution in [0.1, 0.15) is 0 Å². The average molecular weight is 259 g/mol. The fourth-order valence-electron chi connectivity index (χ4n) is 1.10. The monoisotopic (exact) mass is 259 g/mol. The third kappa shape index (κ3) is 2.49. The van der Waals surface area contributed by atoms with E-state index >= 15 is 0 Å². The van der Waals surface area contributed by atoms with Gasteiger partial charge in [0.15, 0.2) is 5.11 Å². The predicted octanol–water partition coefficient (Wildman–Crippen LogP) is 0.543. The molecule has 1 aromatic carbocycles. The summed E-state index contributed by atoms with van der Waals surface area (Å²) in [5.41, 5.74) is 5.86. The van der Waals surface area contributed by atoms with Crippen molar-refractivity contribution in [1.29, 1.82) is 0 Å². The van der Waals surface area contributed by atoms with Crippen molar-refractivity contribution in [2.45, 2.75) is 0 Å². The van der Waals surface area contributed by atoms with Crippen LogP contribution in [0.25, 0.3) is 0 Å². The van der Waals surface area contributed by atoms with Crippen LogP contribution in [0.2, 0.25) is 0 Å². The molecule has 5 nitrogen and oxygen atoms in total. The van der Waals surface area contributed by atoms with Crippen LogP contribution in [0.15, 0.2) is 30.3 Å². The van der Waals surface area contributed by atoms with Crippen molar-refractivity contribution in [2.24, 2.45) is 5.73 Å². The zero-order valence-corrected chi connectivity index (χ0v) is 10.6. The van der Waals surface area contributed by atoms with E-state index in [1.807, 2.05) is 0 Å². The van der Waals surface area contributed by atoms with Crippen molar-refractivity contribution in [3.8, 4) is 0 Å². The zero-order valence-electron chi connectivity index (χ0n) is 8.99. The van der Waals surface area contributed by atoms with Crippen molar-refractivity contribution >= 4 is 33.2 Å². The van der Waals surface area contributed by atoms with Crippen molar-refractivity contribution in [2.75, 3.05) is 18.4 Å². The Morgan fingerprint density at radius 1 is 1.25 bits per heavy atom. The average Bonchev–Trinajstić information content (AvgIpc) is 2.18. The summed E-state index contributed by atoms with van der Waals surface area (Å²) in [6.45, 7) is 0. The number of thiocarbonyl (C=S) groups is 1. The molecule has 2 N–H and O–H groups in total. The van der Waals surface area contributed by atoms with Crippen molar-refractivity contribution < 1.29 is 8.42 Å². The first-order chi connectivity index (χ1) is 7.37. The summed E-state index contributed by atoms with van der Waals surface area (Å²) in [6.07, 6.45) is 0. The second-order valence-corrected chi connectivity index (χ2v) is 5.64. The Bertz CT molecular complexity index is 471. The van der Waals surface area contributed by atoms with Gasteiger partial charge in [0.1, 0.15) is 0 Å². The van der Waals surface area contributed by atoms with E-state index in [0.717, 1.165) is 8.61 Å². The number of benzene rings is 1. The van der Waals surface area contributed by atoms with E-state index in [9.17, 15) is 8.42 Å². The third-order valence-corrected chi connectivity index (χ3v) is 3.97. The van der Waals surface area contributed by atoms with Gasteiger partial charge in [-0.3, -0.25) is 0 Å². The Kier molecular flexibility index (Phi) is 3.84. The predicted molar refractivity (Wildman–Crippen MR) is 68.3 cm³/mol. The maximum absolute atomic E-state index is 12.0. The normalized spacial score (nSPS) is 11.4. The fourth-order valence-corrected chi connectivity index (χ4v) is 2.43. The van der Waals surface area contributed by atoms with Crippen molar-refractivity contribution in [3.63, 3.8) is 0 Å². The van der Waals surface area contributed by atoms with Crippen LogP contribution >= 0.6 is 12.2 Å². The molecule has 88 valence electrons. The fraction of sp³-hybridized carbons (Fsp3) is 0.222. The third-order valence-electron chi connectivity index (χ3n) is 1.88. The largest absolute Gasteiger partial charge is 0.375 e. The Labute approximate surface area is 101 Å². The van der Waals surface area contributed by atoms with E-state index in [2.05, 4.69) is 0 Å². The second-order valence-electron chi connectivity index (χ2n) is 3.23. The van der Waals surface area contributed by atoms with E-state index in [1.165, 1.54) is 14.1 Å². The van der Waals surface area contributed by atoms with Gasteiger partial charge in [-0.1, -0.05) is 18.2 Å². The van der Waals surface area contributed by atoms with Gasteiger partial charge in [0.25, 0.3) is 0 Å². The van der Waals surface area contributed by atoms with E-state index in [4.69, 9.17) is 18.0 Å². The topological polar surface area (TPSA) is 66.6 Å². The number of rotatable bonds is 3. The number of nitrogens with two attached hydrogens (primary N) is 1. The van der Waals surface area contributed by atoms with Crippen LogP contribution in [0.5, 0.6) is 0 Å². The lowest BCUT2D eigenvalue weighted by Gasteiger charge is -2.25. The molecule has 1 rings (SSSR count). The van der Waals surface area contributed by atoms with Gasteiger partial charge in [0, 0.05) is 14.1 Å². The van der Waals surface area contributed by atoms with Gasteiger partial charge in [-0.15, -0.1) is 0 Å². The van der Waals surface area contributed by atoms with E-state index in [-0.39, 0.29) is 5.11 Å². The van der Waals surface area contributed by atoms with Gasteiger partial charge < -0.3 is 5.73 Å². The Morgan fingerprint density at radius 3 is 2.12 bits per heavy atom. The lowest BCUT2D eigenvalue weighted by molar-refractivity contribution is 0.522. The molecule has 0 saturated carbocycles. The van der Waals surface area contributed by atoms with E-state index in [0.29, 0.717) is 5.69 Å². The quantitative estimate of drug-likeness (QED) is 0.805. The van der Waals surface area contributed by atoms with E-state index < -0.39 is 10.2 Å². The molecule has 0 saturated heterocycles. The summed E-state index contributed by atoms with van der Waals surface area (Å²) in [4.78, 5) is 0. The molecular formula is C9H13N3O2S2. The number of anilines is 1. The first kappa shape index (κ1) is 12.9. The Morgan fingerprint density at radius 2 is 1.75 bits per heavy atom. The molecule has 0 spiro atoms. The lowest BCUT2D eigenvalue weighted by Crippen LogP contribution is -2.46. The number of hydrogen-bond donors (Lipinski definition) is 1. The van der Waals surface area contributed by atoms with Crippen molar-refractivity contribution in [3.05, 3.63) is 30.3 Å². The molecule has 0 aliphatic rings. The highest BCUT2D eigenvalue weighted by atomic mass is 32.2. The minimum absolute atomic E-state index is 0.208. The second kappa shape index (κ2) is 4.77. The van der Waals surface area contributed by atoms with Gasteiger partial charge in [0.05, 0.1) is 5.69 Å². The van der Waals surface area contributed by atoms with Crippen LogP contribution in [-0.2, 0) is 10.2 Å². The van der Waals surface area contributed by atoms with Crippen LogP contribution < -0.4 is 10.0 Å². The van der Waals surface area contributed by atoms with Gasteiger partial charge in [-0.05, 0) is 24.4 Å². The summed E-state index contributed by atoms with van der Waals surface area (Å²) in [5, 5.41) is -0.208. The minimum Gasteiger partial charge on any atom is -0.375 e. The summed E-state index contributed by atoms with van der Waals surface area (Å²) < 4.78 is 25.9. The molecule has 7 heteroatoms. The molecule has 0 heterocycles. The molecule has 0 unspecified atom stereocenters. The van der Waals surface area contributed by atoms with Crippen LogP contribution in [0.4, 0.5) is 5.69 Å². The minimum atomic E-state index is -3.69. The molecule has 1 aromatic rings. The Hall–Kier alpha value is -1.18. The number of para-hydroxylation sites is 1. The highest BCUT2D eigenvalue weighted by molar-refractivity contribution is 7.93. The molecule has 0 aliphatic heterocycles. The summed E-state index contributed by atoms with van der Waals surface area (Å²) in [6, 6.07) is 8.46. The maximum atomic E-state index is 12.0. The highest BCUT2D eigenvalue weighted by Gasteiger charge is 2.26. The SMILES string of the molecule is CN(C)S(=O)(=O)N(C(N)=S)c1ccccc1. The highest BCUT2D eigenvalue weighted by Crippen LogP contribution is 2.18. The molecular weight excluding hydrogens is 246 g/mol. The number of nitrogens with zero attached hydrogens (tertiary/aromatic N) is 2. The van der Waals surface area contributed by atoms with Gasteiger partial charge in [0.2, 0.25) is 0 Å². The molecule has 0 amide bonds. The molecule has 16 heavy (non-hydrogen) atoms. The van der Waals surface area contributed by atoms with E-state index in [1.54, 1.807) is 30.3 Å². The van der Waals surface area contributed by atoms with Gasteiger partial charge in [-0.2, -0.15) is 12.7 Å². The number of hydrogen-bond acceptors (Lipinski definition) is 3. The summed E-state index contributed by atoms with van der Waals surface area (Å²) >= 11 is 4.76. The van der Waals surface area contributed by atoms with Crippen LogP contribution in [-0.4, -0.2) is 31.9 Å². The molecule has 0 fully saturated rings. The molecule has 0 aliphatic carbocycles. The molecule has 0 radical (unpaired) electrons. The van der Waals surface area contributed by atoms with Crippen LogP contribution in [0.3, 0.4) is 0 Å². The summed E-state index contributed by atoms with van der Waals surface area (Å²) in [5.74, 6) is 0.